The molecular formula is C12H20N2O. The number of benzene rings is 1. The van der Waals surface area contributed by atoms with Gasteiger partial charge in [-0.15, -0.1) is 0 Å². The van der Waals surface area contributed by atoms with E-state index in [-0.39, 0.29) is 6.61 Å². The summed E-state index contributed by atoms with van der Waals surface area (Å²) >= 11 is 0. The maximum Gasteiger partial charge on any atom is 0.0431 e. The van der Waals surface area contributed by atoms with Gasteiger partial charge < -0.3 is 16.2 Å². The van der Waals surface area contributed by atoms with E-state index in [1.807, 2.05) is 19.1 Å². The van der Waals surface area contributed by atoms with E-state index in [9.17, 15) is 0 Å². The fourth-order valence-electron chi connectivity index (χ4n) is 1.56. The molecule has 0 aromatic heterocycles. The quantitative estimate of drug-likeness (QED) is 0.496. The van der Waals surface area contributed by atoms with Gasteiger partial charge in [-0.1, -0.05) is 0 Å². The van der Waals surface area contributed by atoms with Gasteiger partial charge in [-0.3, -0.25) is 0 Å². The highest BCUT2D eigenvalue weighted by atomic mass is 16.2. The number of nitrogens with two attached hydrogens (primary N) is 1. The fraction of sp³-hybridized carbons (Fsp3) is 0.500. The van der Waals surface area contributed by atoms with Crippen molar-refractivity contribution in [3.63, 3.8) is 0 Å². The Labute approximate surface area is 91.3 Å². The second kappa shape index (κ2) is 6.30. The normalized spacial score (nSPS) is 10.3. The summed E-state index contributed by atoms with van der Waals surface area (Å²) in [6, 6.07) is 5.98. The van der Waals surface area contributed by atoms with Crippen molar-refractivity contribution in [3.8, 4) is 0 Å². The lowest BCUT2D eigenvalue weighted by atomic mass is 10.2. The van der Waals surface area contributed by atoms with Crippen LogP contribution in [-0.2, 0) is 0 Å². The number of rotatable bonds is 6. The summed E-state index contributed by atoms with van der Waals surface area (Å²) in [5.74, 6) is 0. The van der Waals surface area contributed by atoms with Gasteiger partial charge in [0.15, 0.2) is 0 Å². The zero-order valence-corrected chi connectivity index (χ0v) is 9.29. The minimum Gasteiger partial charge on any atom is -0.399 e. The Morgan fingerprint density at radius 3 is 2.67 bits per heavy atom. The average molecular weight is 208 g/mol. The topological polar surface area (TPSA) is 58.3 Å². The third kappa shape index (κ3) is 4.70. The number of anilines is 2. The SMILES string of the molecule is Cc1cc(N)cc(NCCCCCO)c1. The maximum absolute atomic E-state index is 8.62. The molecular weight excluding hydrogens is 188 g/mol. The van der Waals surface area contributed by atoms with Gasteiger partial charge in [-0.25, -0.2) is 0 Å². The standard InChI is InChI=1S/C12H20N2O/c1-10-7-11(13)9-12(8-10)14-5-3-2-4-6-15/h7-9,14-15H,2-6,13H2,1H3. The molecule has 84 valence electrons. The number of aryl methyl sites for hydroxylation is 1. The number of aliphatic hydroxyl groups excluding tert-OH is 1. The van der Waals surface area contributed by atoms with Crippen molar-refractivity contribution in [1.82, 2.24) is 0 Å². The number of hydrogen-bond acceptors (Lipinski definition) is 3. The first-order valence-electron chi connectivity index (χ1n) is 5.44. The molecule has 0 bridgehead atoms. The van der Waals surface area contributed by atoms with Crippen LogP contribution in [0.2, 0.25) is 0 Å². The fourth-order valence-corrected chi connectivity index (χ4v) is 1.56. The largest absolute Gasteiger partial charge is 0.399 e. The van der Waals surface area contributed by atoms with E-state index in [0.29, 0.717) is 0 Å². The van der Waals surface area contributed by atoms with E-state index >= 15 is 0 Å². The molecule has 0 aliphatic rings. The number of nitrogen functional groups attached to an aromatic ring is 1. The maximum atomic E-state index is 8.62. The molecule has 1 rings (SSSR count). The van der Waals surface area contributed by atoms with Crippen LogP contribution in [0, 0.1) is 6.92 Å². The highest BCUT2D eigenvalue weighted by Gasteiger charge is 1.95. The van der Waals surface area contributed by atoms with E-state index in [4.69, 9.17) is 10.8 Å². The van der Waals surface area contributed by atoms with Crippen molar-refractivity contribution >= 4 is 11.4 Å². The Bertz CT molecular complexity index is 279. The highest BCUT2D eigenvalue weighted by Crippen LogP contribution is 2.15. The number of unbranched alkanes of at least 4 members (excludes halogenated alkanes) is 2. The van der Waals surface area contributed by atoms with Gasteiger partial charge in [-0.05, 0) is 49.9 Å². The van der Waals surface area contributed by atoms with Crippen LogP contribution in [0.3, 0.4) is 0 Å². The Hall–Kier alpha value is -1.22. The van der Waals surface area contributed by atoms with E-state index in [1.54, 1.807) is 0 Å². The van der Waals surface area contributed by atoms with Crippen LogP contribution in [-0.4, -0.2) is 18.3 Å². The van der Waals surface area contributed by atoms with Crippen molar-refractivity contribution in [1.29, 1.82) is 0 Å². The zero-order valence-electron chi connectivity index (χ0n) is 9.29. The molecule has 0 aliphatic carbocycles. The molecule has 0 saturated carbocycles. The van der Waals surface area contributed by atoms with Crippen molar-refractivity contribution in [2.45, 2.75) is 26.2 Å². The smallest absolute Gasteiger partial charge is 0.0431 e. The van der Waals surface area contributed by atoms with Crippen LogP contribution in [0.1, 0.15) is 24.8 Å². The lowest BCUT2D eigenvalue weighted by molar-refractivity contribution is 0.283. The lowest BCUT2D eigenvalue weighted by Gasteiger charge is -2.08. The van der Waals surface area contributed by atoms with E-state index in [2.05, 4.69) is 11.4 Å². The van der Waals surface area contributed by atoms with E-state index in [1.165, 1.54) is 5.56 Å². The molecule has 1 aromatic carbocycles. The van der Waals surface area contributed by atoms with Gasteiger partial charge in [0.05, 0.1) is 0 Å². The molecule has 0 heterocycles. The predicted octanol–water partition coefficient (Wildman–Crippen LogP) is 2.15. The van der Waals surface area contributed by atoms with Gasteiger partial charge in [0.2, 0.25) is 0 Å². The van der Waals surface area contributed by atoms with Crippen LogP contribution in [0.25, 0.3) is 0 Å². The Balaban J connectivity index is 2.31. The first-order valence-corrected chi connectivity index (χ1v) is 5.44. The highest BCUT2D eigenvalue weighted by molar-refractivity contribution is 5.56. The number of hydrogen-bond donors (Lipinski definition) is 3. The molecule has 0 saturated heterocycles. The van der Waals surface area contributed by atoms with E-state index in [0.717, 1.165) is 37.2 Å². The first-order chi connectivity index (χ1) is 7.22. The van der Waals surface area contributed by atoms with Gasteiger partial charge in [0, 0.05) is 24.5 Å². The summed E-state index contributed by atoms with van der Waals surface area (Å²) in [7, 11) is 0. The molecule has 1 aromatic rings. The molecule has 15 heavy (non-hydrogen) atoms. The Kier molecular flexibility index (Phi) is 4.98. The van der Waals surface area contributed by atoms with Gasteiger partial charge in [-0.2, -0.15) is 0 Å². The molecule has 0 unspecified atom stereocenters. The van der Waals surface area contributed by atoms with Crippen LogP contribution < -0.4 is 11.1 Å². The predicted molar refractivity (Wildman–Crippen MR) is 65.0 cm³/mol. The summed E-state index contributed by atoms with van der Waals surface area (Å²) in [5, 5.41) is 11.9. The Morgan fingerprint density at radius 2 is 2.00 bits per heavy atom. The lowest BCUT2D eigenvalue weighted by Crippen LogP contribution is -2.02. The molecule has 3 heteroatoms. The molecule has 3 nitrogen and oxygen atoms in total. The van der Waals surface area contributed by atoms with Crippen molar-refractivity contribution in [2.75, 3.05) is 24.2 Å². The summed E-state index contributed by atoms with van der Waals surface area (Å²) in [6.45, 7) is 3.26. The van der Waals surface area contributed by atoms with Crippen LogP contribution in [0.5, 0.6) is 0 Å². The van der Waals surface area contributed by atoms with Crippen LogP contribution in [0.4, 0.5) is 11.4 Å². The summed E-state index contributed by atoms with van der Waals surface area (Å²) in [6.07, 6.45) is 3.02. The third-order valence-electron chi connectivity index (χ3n) is 2.26. The molecule has 0 aliphatic heterocycles. The van der Waals surface area contributed by atoms with Crippen molar-refractivity contribution < 1.29 is 5.11 Å². The summed E-state index contributed by atoms with van der Waals surface area (Å²) in [4.78, 5) is 0. The monoisotopic (exact) mass is 208 g/mol. The van der Waals surface area contributed by atoms with Crippen LogP contribution >= 0.6 is 0 Å². The van der Waals surface area contributed by atoms with Gasteiger partial charge >= 0.3 is 0 Å². The van der Waals surface area contributed by atoms with Gasteiger partial charge in [0.1, 0.15) is 0 Å². The minimum absolute atomic E-state index is 0.289. The molecule has 0 fully saturated rings. The molecule has 0 amide bonds. The van der Waals surface area contributed by atoms with E-state index < -0.39 is 0 Å². The molecule has 4 N–H and O–H groups in total. The summed E-state index contributed by atoms with van der Waals surface area (Å²) in [5.41, 5.74) is 8.79. The zero-order chi connectivity index (χ0) is 11.1. The molecule has 0 radical (unpaired) electrons. The van der Waals surface area contributed by atoms with Crippen LogP contribution in [0.15, 0.2) is 18.2 Å². The Morgan fingerprint density at radius 1 is 1.20 bits per heavy atom. The average Bonchev–Trinajstić information content (AvgIpc) is 2.16. The number of aliphatic hydroxyl groups is 1. The van der Waals surface area contributed by atoms with Crippen molar-refractivity contribution in [2.24, 2.45) is 0 Å². The van der Waals surface area contributed by atoms with Gasteiger partial charge in [0.25, 0.3) is 0 Å². The molecule has 0 spiro atoms. The second-order valence-corrected chi connectivity index (χ2v) is 3.84. The molecule has 0 atom stereocenters. The second-order valence-electron chi connectivity index (χ2n) is 3.84. The minimum atomic E-state index is 0.289. The van der Waals surface area contributed by atoms with Crippen molar-refractivity contribution in [3.05, 3.63) is 23.8 Å². The third-order valence-corrected chi connectivity index (χ3v) is 2.26. The number of nitrogens with one attached hydrogen (secondary N) is 1. The first kappa shape index (κ1) is 11.9. The summed E-state index contributed by atoms with van der Waals surface area (Å²) < 4.78 is 0.